The van der Waals surface area contributed by atoms with Gasteiger partial charge in [0.05, 0.1) is 35.6 Å². The molecule has 0 saturated carbocycles. The molecular formula is C25H24N2O4S. The van der Waals surface area contributed by atoms with Crippen LogP contribution in [-0.2, 0) is 9.53 Å². The Labute approximate surface area is 189 Å². The molecule has 0 aliphatic carbocycles. The summed E-state index contributed by atoms with van der Waals surface area (Å²) in [4.78, 5) is 31.5. The highest BCUT2D eigenvalue weighted by Crippen LogP contribution is 2.31. The van der Waals surface area contributed by atoms with Gasteiger partial charge in [-0.2, -0.15) is 0 Å². The van der Waals surface area contributed by atoms with Crippen molar-refractivity contribution in [2.45, 2.75) is 26.3 Å². The number of aromatic nitrogens is 1. The molecule has 0 N–H and O–H groups in total. The summed E-state index contributed by atoms with van der Waals surface area (Å²) in [6, 6.07) is 16.5. The zero-order valence-corrected chi connectivity index (χ0v) is 19.0. The number of hydrogen-bond acceptors (Lipinski definition) is 6. The molecule has 0 saturated heterocycles. The number of rotatable bonds is 6. The fourth-order valence-electron chi connectivity index (χ4n) is 3.83. The molecule has 0 amide bonds. The van der Waals surface area contributed by atoms with Crippen molar-refractivity contribution in [2.24, 2.45) is 4.99 Å². The third kappa shape index (κ3) is 4.03. The summed E-state index contributed by atoms with van der Waals surface area (Å²) in [6.45, 7) is 4.44. The molecule has 1 aromatic heterocycles. The van der Waals surface area contributed by atoms with Gasteiger partial charge in [0.15, 0.2) is 4.80 Å². The second-order valence-corrected chi connectivity index (χ2v) is 8.21. The second-order valence-electron chi connectivity index (χ2n) is 7.20. The van der Waals surface area contributed by atoms with E-state index in [0.29, 0.717) is 33.6 Å². The summed E-state index contributed by atoms with van der Waals surface area (Å²) in [5.74, 6) is 0.274. The molecule has 1 aliphatic rings. The molecule has 4 rings (SSSR count). The number of fused-ring (bicyclic) bond motifs is 1. The van der Waals surface area contributed by atoms with Crippen LogP contribution in [0.15, 0.2) is 75.7 Å². The van der Waals surface area contributed by atoms with E-state index in [1.165, 1.54) is 18.4 Å². The number of carbonyl (C=O) groups is 1. The fourth-order valence-corrected chi connectivity index (χ4v) is 4.85. The summed E-state index contributed by atoms with van der Waals surface area (Å²) >= 11 is 1.32. The Morgan fingerprint density at radius 1 is 1.16 bits per heavy atom. The summed E-state index contributed by atoms with van der Waals surface area (Å²) < 4.78 is 12.8. The maximum Gasteiger partial charge on any atom is 0.338 e. The molecule has 164 valence electrons. The van der Waals surface area contributed by atoms with Crippen LogP contribution in [0, 0.1) is 0 Å². The van der Waals surface area contributed by atoms with Gasteiger partial charge in [0.2, 0.25) is 0 Å². The minimum atomic E-state index is -0.591. The number of benzene rings is 2. The van der Waals surface area contributed by atoms with E-state index in [9.17, 15) is 9.59 Å². The van der Waals surface area contributed by atoms with Gasteiger partial charge in [-0.25, -0.2) is 9.79 Å². The van der Waals surface area contributed by atoms with Crippen LogP contribution >= 0.6 is 11.3 Å². The maximum absolute atomic E-state index is 13.5. The highest BCUT2D eigenvalue weighted by Gasteiger charge is 2.33. The lowest BCUT2D eigenvalue weighted by Gasteiger charge is -2.25. The lowest BCUT2D eigenvalue weighted by Crippen LogP contribution is -2.40. The van der Waals surface area contributed by atoms with Gasteiger partial charge in [0.1, 0.15) is 5.75 Å². The third-order valence-corrected chi connectivity index (χ3v) is 6.22. The predicted molar refractivity (Wildman–Crippen MR) is 124 cm³/mol. The average Bonchev–Trinajstić information content (AvgIpc) is 3.13. The van der Waals surface area contributed by atoms with Gasteiger partial charge in [-0.05, 0) is 42.7 Å². The van der Waals surface area contributed by atoms with Gasteiger partial charge in [0, 0.05) is 0 Å². The van der Waals surface area contributed by atoms with Crippen molar-refractivity contribution in [1.29, 1.82) is 0 Å². The van der Waals surface area contributed by atoms with Crippen molar-refractivity contribution in [3.05, 3.63) is 96.7 Å². The van der Waals surface area contributed by atoms with Gasteiger partial charge in [0.25, 0.3) is 5.56 Å². The molecular weight excluding hydrogens is 424 g/mol. The van der Waals surface area contributed by atoms with E-state index in [1.807, 2.05) is 74.5 Å². The number of allylic oxidation sites excluding steroid dienone is 1. The molecule has 0 spiro atoms. The summed E-state index contributed by atoms with van der Waals surface area (Å²) in [7, 11) is 1.35. The molecule has 6 nitrogen and oxygen atoms in total. The minimum Gasteiger partial charge on any atom is -0.494 e. The van der Waals surface area contributed by atoms with E-state index in [0.717, 1.165) is 16.9 Å². The molecule has 1 aliphatic heterocycles. The first kappa shape index (κ1) is 21.8. The van der Waals surface area contributed by atoms with Gasteiger partial charge in [-0.15, -0.1) is 0 Å². The first-order chi connectivity index (χ1) is 15.6. The topological polar surface area (TPSA) is 69.9 Å². The molecule has 0 bridgehead atoms. The van der Waals surface area contributed by atoms with E-state index < -0.39 is 12.0 Å². The molecule has 0 fully saturated rings. The van der Waals surface area contributed by atoms with Gasteiger partial charge in [-0.3, -0.25) is 9.36 Å². The Morgan fingerprint density at radius 3 is 2.62 bits per heavy atom. The van der Waals surface area contributed by atoms with Crippen molar-refractivity contribution in [3.63, 3.8) is 0 Å². The Hall–Kier alpha value is -3.45. The zero-order chi connectivity index (χ0) is 22.7. The molecule has 32 heavy (non-hydrogen) atoms. The van der Waals surface area contributed by atoms with Crippen LogP contribution in [0.2, 0.25) is 0 Å². The number of esters is 1. The van der Waals surface area contributed by atoms with Crippen molar-refractivity contribution in [2.75, 3.05) is 13.7 Å². The molecule has 0 unspecified atom stereocenters. The lowest BCUT2D eigenvalue weighted by molar-refractivity contribution is -0.136. The van der Waals surface area contributed by atoms with Gasteiger partial charge in [-0.1, -0.05) is 60.7 Å². The Morgan fingerprint density at radius 2 is 1.94 bits per heavy atom. The highest BCUT2D eigenvalue weighted by molar-refractivity contribution is 7.07. The number of carbonyl (C=O) groups excluding carboxylic acids is 1. The van der Waals surface area contributed by atoms with Crippen molar-refractivity contribution in [1.82, 2.24) is 4.57 Å². The van der Waals surface area contributed by atoms with E-state index in [1.54, 1.807) is 4.57 Å². The lowest BCUT2D eigenvalue weighted by atomic mass is 9.95. The smallest absolute Gasteiger partial charge is 0.338 e. The van der Waals surface area contributed by atoms with Crippen LogP contribution in [0.4, 0.5) is 0 Å². The second kappa shape index (κ2) is 9.36. The first-order valence-electron chi connectivity index (χ1n) is 10.5. The maximum atomic E-state index is 13.5. The van der Waals surface area contributed by atoms with E-state index in [-0.39, 0.29) is 5.56 Å². The third-order valence-electron chi connectivity index (χ3n) is 5.23. The minimum absolute atomic E-state index is 0.194. The van der Waals surface area contributed by atoms with Crippen molar-refractivity contribution < 1.29 is 14.3 Å². The molecule has 1 atom stereocenters. The molecule has 2 heterocycles. The number of hydrogen-bond donors (Lipinski definition) is 0. The van der Waals surface area contributed by atoms with Crippen LogP contribution < -0.4 is 19.6 Å². The van der Waals surface area contributed by atoms with Crippen LogP contribution in [0.1, 0.15) is 37.4 Å². The molecule has 7 heteroatoms. The monoisotopic (exact) mass is 448 g/mol. The largest absolute Gasteiger partial charge is 0.494 e. The molecule has 2 aromatic carbocycles. The number of nitrogens with zero attached hydrogens (tertiary/aromatic N) is 2. The van der Waals surface area contributed by atoms with Crippen LogP contribution in [-0.4, -0.2) is 24.3 Å². The SMILES string of the molecule is CCOc1cccc(/C=c2/sc3n(c2=O)[C@@H](c2ccccc2)C(C(=O)OC)=C(CC)N=3)c1. The number of thiazole rings is 1. The summed E-state index contributed by atoms with van der Waals surface area (Å²) in [5.41, 5.74) is 2.54. The number of ether oxygens (including phenoxy) is 2. The van der Waals surface area contributed by atoms with E-state index >= 15 is 0 Å². The zero-order valence-electron chi connectivity index (χ0n) is 18.2. The van der Waals surface area contributed by atoms with Gasteiger partial charge >= 0.3 is 5.97 Å². The van der Waals surface area contributed by atoms with Crippen LogP contribution in [0.3, 0.4) is 0 Å². The van der Waals surface area contributed by atoms with E-state index in [4.69, 9.17) is 9.47 Å². The molecule has 3 aromatic rings. The van der Waals surface area contributed by atoms with Gasteiger partial charge < -0.3 is 9.47 Å². The van der Waals surface area contributed by atoms with E-state index in [2.05, 4.69) is 4.99 Å². The highest BCUT2D eigenvalue weighted by atomic mass is 32.1. The van der Waals surface area contributed by atoms with Crippen LogP contribution in [0.5, 0.6) is 5.75 Å². The summed E-state index contributed by atoms with van der Waals surface area (Å²) in [6.07, 6.45) is 2.39. The Balaban J connectivity index is 1.95. The van der Waals surface area contributed by atoms with Crippen LogP contribution in [0.25, 0.3) is 6.08 Å². The number of methoxy groups -OCH3 is 1. The standard InChI is InChI=1S/C25H24N2O4S/c1-4-19-21(24(29)30-3)22(17-11-7-6-8-12-17)27-23(28)20(32-25(27)26-19)15-16-10-9-13-18(14-16)31-5-2/h6-15,22H,4-5H2,1-3H3/b20-15+/t22-/m0/s1. The first-order valence-corrected chi connectivity index (χ1v) is 11.3. The van der Waals surface area contributed by atoms with Crippen molar-refractivity contribution >= 4 is 23.4 Å². The van der Waals surface area contributed by atoms with Crippen molar-refractivity contribution in [3.8, 4) is 5.75 Å². The quantitative estimate of drug-likeness (QED) is 0.543. The Bertz CT molecular complexity index is 1350. The summed E-state index contributed by atoms with van der Waals surface area (Å²) in [5, 5.41) is 0. The average molecular weight is 449 g/mol. The molecule has 0 radical (unpaired) electrons. The normalized spacial score (nSPS) is 15.8. The fraction of sp³-hybridized carbons (Fsp3) is 0.240. The predicted octanol–water partition coefficient (Wildman–Crippen LogP) is 3.20. The Kier molecular flexibility index (Phi) is 6.37.